The number of piperidine rings is 1. The maximum Gasteiger partial charge on any atom is 0.324 e. The van der Waals surface area contributed by atoms with E-state index < -0.39 is 34.5 Å². The summed E-state index contributed by atoms with van der Waals surface area (Å²) in [5, 5.41) is 3.15. The summed E-state index contributed by atoms with van der Waals surface area (Å²) in [6.45, 7) is -0.153. The Bertz CT molecular complexity index is 1280. The third kappa shape index (κ3) is 5.16. The van der Waals surface area contributed by atoms with E-state index in [0.29, 0.717) is 29.8 Å². The number of hydrogen-bond donors (Lipinski definition) is 1. The minimum atomic E-state index is -4.02. The Labute approximate surface area is 200 Å². The fraction of sp³-hybridized carbons (Fsp3) is 0.333. The van der Waals surface area contributed by atoms with Crippen LogP contribution < -0.4 is 5.32 Å². The molecule has 12 heteroatoms. The van der Waals surface area contributed by atoms with Crippen molar-refractivity contribution < 1.29 is 22.7 Å². The number of carbonyl (C=O) groups excluding carboxylic acids is 2. The standard InChI is InChI=1S/C21H21ClN4O5S2/c22-15-7-2-1-6-14(15)12-23-19(27)13-31-21(28)17-9-3-4-11-26(17)33(29,30)18-10-5-8-16-20(18)25-32-24-16/h1-2,5-8,10,17H,3-4,9,11-13H2,(H,23,27). The van der Waals surface area contributed by atoms with Crippen LogP contribution in [0.15, 0.2) is 47.4 Å². The van der Waals surface area contributed by atoms with Gasteiger partial charge in [0, 0.05) is 18.1 Å². The number of esters is 1. The van der Waals surface area contributed by atoms with Crippen LogP contribution in [0.3, 0.4) is 0 Å². The molecule has 9 nitrogen and oxygen atoms in total. The van der Waals surface area contributed by atoms with Gasteiger partial charge in [-0.25, -0.2) is 8.42 Å². The van der Waals surface area contributed by atoms with Crippen LogP contribution in [0, 0.1) is 0 Å². The van der Waals surface area contributed by atoms with E-state index in [0.717, 1.165) is 21.6 Å². The molecule has 174 valence electrons. The number of rotatable bonds is 7. The number of carbonyl (C=O) groups is 2. The first-order chi connectivity index (χ1) is 15.9. The molecular weight excluding hydrogens is 488 g/mol. The van der Waals surface area contributed by atoms with Gasteiger partial charge < -0.3 is 10.1 Å². The minimum absolute atomic E-state index is 0.00549. The van der Waals surface area contributed by atoms with Crippen molar-refractivity contribution in [2.75, 3.05) is 13.2 Å². The molecule has 1 unspecified atom stereocenters. The van der Waals surface area contributed by atoms with Crippen molar-refractivity contribution in [1.82, 2.24) is 18.4 Å². The minimum Gasteiger partial charge on any atom is -0.454 e. The maximum atomic E-state index is 13.4. The summed E-state index contributed by atoms with van der Waals surface area (Å²) < 4.78 is 41.3. The van der Waals surface area contributed by atoms with Crippen molar-refractivity contribution in [3.63, 3.8) is 0 Å². The normalized spacial score (nSPS) is 17.1. The molecule has 3 aromatic rings. The summed E-state index contributed by atoms with van der Waals surface area (Å²) in [6, 6.07) is 10.8. The molecule has 0 aliphatic carbocycles. The average Bonchev–Trinajstić information content (AvgIpc) is 3.31. The Morgan fingerprint density at radius 1 is 1.15 bits per heavy atom. The molecule has 2 aromatic carbocycles. The number of sulfonamides is 1. The molecule has 1 N–H and O–H groups in total. The van der Waals surface area contributed by atoms with E-state index in [2.05, 4.69) is 14.1 Å². The highest BCUT2D eigenvalue weighted by Crippen LogP contribution is 2.29. The van der Waals surface area contributed by atoms with Crippen LogP contribution in [-0.4, -0.2) is 52.5 Å². The Hall–Kier alpha value is -2.60. The molecule has 0 bridgehead atoms. The first-order valence-corrected chi connectivity index (χ1v) is 12.8. The highest BCUT2D eigenvalue weighted by atomic mass is 35.5. The van der Waals surface area contributed by atoms with Gasteiger partial charge in [0.05, 0.1) is 11.7 Å². The van der Waals surface area contributed by atoms with Crippen LogP contribution in [0.4, 0.5) is 0 Å². The van der Waals surface area contributed by atoms with Crippen molar-refractivity contribution in [1.29, 1.82) is 0 Å². The molecule has 1 fully saturated rings. The molecule has 1 aliphatic rings. The van der Waals surface area contributed by atoms with Crippen LogP contribution in [0.2, 0.25) is 5.02 Å². The summed E-state index contributed by atoms with van der Waals surface area (Å²) in [4.78, 5) is 24.9. The van der Waals surface area contributed by atoms with Gasteiger partial charge in [-0.2, -0.15) is 13.1 Å². The van der Waals surface area contributed by atoms with Crippen LogP contribution in [0.1, 0.15) is 24.8 Å². The monoisotopic (exact) mass is 508 g/mol. The predicted octanol–water partition coefficient (Wildman–Crippen LogP) is 2.75. The number of hydrogen-bond acceptors (Lipinski definition) is 8. The second-order valence-electron chi connectivity index (χ2n) is 7.49. The van der Waals surface area contributed by atoms with Gasteiger partial charge in [-0.15, -0.1) is 0 Å². The summed E-state index contributed by atoms with van der Waals surface area (Å²) in [6.07, 6.45) is 1.60. The Morgan fingerprint density at radius 2 is 1.97 bits per heavy atom. The van der Waals surface area contributed by atoms with Gasteiger partial charge >= 0.3 is 5.97 Å². The summed E-state index contributed by atoms with van der Waals surface area (Å²) in [7, 11) is -4.02. The van der Waals surface area contributed by atoms with Gasteiger partial charge in [-0.3, -0.25) is 9.59 Å². The lowest BCUT2D eigenvalue weighted by Crippen LogP contribution is -2.49. The SMILES string of the molecule is O=C(COC(=O)C1CCCCN1S(=O)(=O)c1cccc2nsnc12)NCc1ccccc1Cl. The van der Waals surface area contributed by atoms with Crippen LogP contribution in [-0.2, 0) is 30.9 Å². The highest BCUT2D eigenvalue weighted by Gasteiger charge is 2.39. The first kappa shape index (κ1) is 23.6. The lowest BCUT2D eigenvalue weighted by atomic mass is 10.1. The number of halogens is 1. The third-order valence-corrected chi connectivity index (χ3v) is 8.19. The van der Waals surface area contributed by atoms with Crippen LogP contribution in [0.25, 0.3) is 11.0 Å². The Morgan fingerprint density at radius 3 is 2.79 bits per heavy atom. The van der Waals surface area contributed by atoms with E-state index >= 15 is 0 Å². The number of ether oxygens (including phenoxy) is 1. The Balaban J connectivity index is 1.42. The van der Waals surface area contributed by atoms with Gasteiger partial charge in [0.2, 0.25) is 10.0 Å². The molecule has 1 aliphatic heterocycles. The van der Waals surface area contributed by atoms with E-state index in [4.69, 9.17) is 16.3 Å². The molecule has 33 heavy (non-hydrogen) atoms. The molecule has 0 radical (unpaired) electrons. The maximum absolute atomic E-state index is 13.4. The topological polar surface area (TPSA) is 119 Å². The second-order valence-corrected chi connectivity index (χ2v) is 10.3. The number of fused-ring (bicyclic) bond motifs is 1. The van der Waals surface area contributed by atoms with E-state index in [9.17, 15) is 18.0 Å². The van der Waals surface area contributed by atoms with Crippen molar-refractivity contribution >= 4 is 56.3 Å². The lowest BCUT2D eigenvalue weighted by Gasteiger charge is -2.32. The number of nitrogens with one attached hydrogen (secondary N) is 1. The van der Waals surface area contributed by atoms with Gasteiger partial charge in [0.25, 0.3) is 5.91 Å². The quantitative estimate of drug-likeness (QED) is 0.487. The van der Waals surface area contributed by atoms with Crippen LogP contribution >= 0.6 is 23.3 Å². The van der Waals surface area contributed by atoms with Gasteiger partial charge in [0.1, 0.15) is 22.0 Å². The zero-order chi connectivity index (χ0) is 23.4. The zero-order valence-corrected chi connectivity index (χ0v) is 19.8. The molecular formula is C21H21ClN4O5S2. The van der Waals surface area contributed by atoms with Gasteiger partial charge in [-0.1, -0.05) is 35.9 Å². The first-order valence-electron chi connectivity index (χ1n) is 10.3. The molecule has 1 amide bonds. The Kier molecular flexibility index (Phi) is 7.23. The fourth-order valence-electron chi connectivity index (χ4n) is 3.66. The third-order valence-electron chi connectivity index (χ3n) is 5.34. The van der Waals surface area contributed by atoms with E-state index in [1.54, 1.807) is 36.4 Å². The number of benzene rings is 2. The molecule has 1 atom stereocenters. The fourth-order valence-corrected chi connectivity index (χ4v) is 6.27. The van der Waals surface area contributed by atoms with Gasteiger partial charge in [-0.05, 0) is 43.0 Å². The smallest absolute Gasteiger partial charge is 0.324 e. The average molecular weight is 509 g/mol. The molecule has 0 spiro atoms. The lowest BCUT2D eigenvalue weighted by molar-refractivity contribution is -0.153. The number of aromatic nitrogens is 2. The number of amides is 1. The second kappa shape index (κ2) is 10.1. The summed E-state index contributed by atoms with van der Waals surface area (Å²) in [5.41, 5.74) is 1.49. The molecule has 1 saturated heterocycles. The zero-order valence-electron chi connectivity index (χ0n) is 17.4. The predicted molar refractivity (Wildman–Crippen MR) is 123 cm³/mol. The van der Waals surface area contributed by atoms with Crippen molar-refractivity contribution in [3.05, 3.63) is 53.1 Å². The molecule has 0 saturated carbocycles. The molecule has 2 heterocycles. The summed E-state index contributed by atoms with van der Waals surface area (Å²) >= 11 is 6.99. The van der Waals surface area contributed by atoms with Crippen molar-refractivity contribution in [2.24, 2.45) is 0 Å². The van der Waals surface area contributed by atoms with E-state index in [1.807, 2.05) is 0 Å². The largest absolute Gasteiger partial charge is 0.454 e. The highest BCUT2D eigenvalue weighted by molar-refractivity contribution is 7.89. The van der Waals surface area contributed by atoms with Crippen molar-refractivity contribution in [3.8, 4) is 0 Å². The summed E-state index contributed by atoms with van der Waals surface area (Å²) in [5.74, 6) is -1.26. The number of nitrogens with zero attached hydrogens (tertiary/aromatic N) is 3. The van der Waals surface area contributed by atoms with Crippen LogP contribution in [0.5, 0.6) is 0 Å². The molecule has 4 rings (SSSR count). The molecule has 1 aromatic heterocycles. The van der Waals surface area contributed by atoms with Gasteiger partial charge in [0.15, 0.2) is 6.61 Å². The van der Waals surface area contributed by atoms with E-state index in [1.165, 1.54) is 6.07 Å². The van der Waals surface area contributed by atoms with E-state index in [-0.39, 0.29) is 23.5 Å². The van der Waals surface area contributed by atoms with Crippen molar-refractivity contribution in [2.45, 2.75) is 36.7 Å².